The van der Waals surface area contributed by atoms with Gasteiger partial charge in [0.25, 0.3) is 0 Å². The SMILES string of the molecule is CC(c1cccc(Cl)c1)N(C)C(=O)Nc1ccc(N)cc1. The molecule has 1 unspecified atom stereocenters. The number of nitrogens with zero attached hydrogens (tertiary/aromatic N) is 1. The molecule has 2 aromatic rings. The summed E-state index contributed by atoms with van der Waals surface area (Å²) in [6.07, 6.45) is 0. The maximum atomic E-state index is 12.2. The predicted octanol–water partition coefficient (Wildman–Crippen LogP) is 4.15. The van der Waals surface area contributed by atoms with Crippen LogP contribution in [0.1, 0.15) is 18.5 Å². The predicted molar refractivity (Wildman–Crippen MR) is 87.5 cm³/mol. The van der Waals surface area contributed by atoms with E-state index in [-0.39, 0.29) is 12.1 Å². The van der Waals surface area contributed by atoms with Gasteiger partial charge in [-0.3, -0.25) is 0 Å². The molecule has 0 saturated carbocycles. The molecule has 0 aliphatic rings. The Labute approximate surface area is 129 Å². The summed E-state index contributed by atoms with van der Waals surface area (Å²) in [5.41, 5.74) is 7.97. The number of carbonyl (C=O) groups is 1. The molecule has 110 valence electrons. The molecular weight excluding hydrogens is 286 g/mol. The Morgan fingerprint density at radius 3 is 2.52 bits per heavy atom. The molecule has 2 amide bonds. The molecule has 4 nitrogen and oxygen atoms in total. The zero-order valence-corrected chi connectivity index (χ0v) is 12.8. The van der Waals surface area contributed by atoms with Gasteiger partial charge in [0.15, 0.2) is 0 Å². The van der Waals surface area contributed by atoms with Gasteiger partial charge in [-0.1, -0.05) is 23.7 Å². The molecule has 5 heteroatoms. The summed E-state index contributed by atoms with van der Waals surface area (Å²) in [6.45, 7) is 1.95. The molecule has 0 heterocycles. The molecule has 2 rings (SSSR count). The van der Waals surface area contributed by atoms with Gasteiger partial charge in [-0.25, -0.2) is 4.79 Å². The monoisotopic (exact) mass is 303 g/mol. The number of urea groups is 1. The largest absolute Gasteiger partial charge is 0.399 e. The molecule has 0 spiro atoms. The second-order valence-corrected chi connectivity index (χ2v) is 5.33. The van der Waals surface area contributed by atoms with Crippen LogP contribution in [0.25, 0.3) is 0 Å². The van der Waals surface area contributed by atoms with Crippen molar-refractivity contribution in [2.45, 2.75) is 13.0 Å². The van der Waals surface area contributed by atoms with Crippen LogP contribution >= 0.6 is 11.6 Å². The topological polar surface area (TPSA) is 58.4 Å². The first kappa shape index (κ1) is 15.2. The fourth-order valence-electron chi connectivity index (χ4n) is 1.94. The molecule has 21 heavy (non-hydrogen) atoms. The summed E-state index contributed by atoms with van der Waals surface area (Å²) in [6, 6.07) is 14.3. The zero-order valence-electron chi connectivity index (χ0n) is 12.0. The Morgan fingerprint density at radius 1 is 1.24 bits per heavy atom. The number of nitrogens with two attached hydrogens (primary N) is 1. The Morgan fingerprint density at radius 2 is 1.90 bits per heavy atom. The molecule has 3 N–H and O–H groups in total. The van der Waals surface area contributed by atoms with Gasteiger partial charge in [-0.05, 0) is 48.9 Å². The molecule has 0 radical (unpaired) electrons. The van der Waals surface area contributed by atoms with E-state index >= 15 is 0 Å². The van der Waals surface area contributed by atoms with Gasteiger partial charge in [-0.15, -0.1) is 0 Å². The lowest BCUT2D eigenvalue weighted by Crippen LogP contribution is -2.33. The van der Waals surface area contributed by atoms with Crippen LogP contribution in [0.15, 0.2) is 48.5 Å². The maximum Gasteiger partial charge on any atom is 0.322 e. The number of amides is 2. The van der Waals surface area contributed by atoms with Crippen LogP contribution in [-0.4, -0.2) is 18.0 Å². The highest BCUT2D eigenvalue weighted by Crippen LogP contribution is 2.22. The molecule has 0 bridgehead atoms. The number of carbonyl (C=O) groups excluding carboxylic acids is 1. The second kappa shape index (κ2) is 6.50. The second-order valence-electron chi connectivity index (χ2n) is 4.89. The smallest absolute Gasteiger partial charge is 0.322 e. The van der Waals surface area contributed by atoms with Gasteiger partial charge in [0.2, 0.25) is 0 Å². The average molecular weight is 304 g/mol. The number of anilines is 2. The molecule has 0 aromatic heterocycles. The summed E-state index contributed by atoms with van der Waals surface area (Å²) in [5, 5.41) is 3.49. The molecule has 0 saturated heterocycles. The first-order chi connectivity index (χ1) is 9.97. The van der Waals surface area contributed by atoms with E-state index in [1.54, 1.807) is 36.2 Å². The molecular formula is C16H18ClN3O. The number of hydrogen-bond donors (Lipinski definition) is 2. The van der Waals surface area contributed by atoms with Crippen LogP contribution in [-0.2, 0) is 0 Å². The van der Waals surface area contributed by atoms with Crippen molar-refractivity contribution in [1.29, 1.82) is 0 Å². The van der Waals surface area contributed by atoms with Crippen molar-refractivity contribution < 1.29 is 4.79 Å². The van der Waals surface area contributed by atoms with E-state index in [4.69, 9.17) is 17.3 Å². The van der Waals surface area contributed by atoms with Gasteiger partial charge in [0.1, 0.15) is 0 Å². The van der Waals surface area contributed by atoms with Crippen LogP contribution in [0.2, 0.25) is 5.02 Å². The normalized spacial score (nSPS) is 11.8. The van der Waals surface area contributed by atoms with Crippen LogP contribution < -0.4 is 11.1 Å². The van der Waals surface area contributed by atoms with Crippen LogP contribution in [0.5, 0.6) is 0 Å². The first-order valence-corrected chi connectivity index (χ1v) is 7.00. The summed E-state index contributed by atoms with van der Waals surface area (Å²) >= 11 is 5.99. The lowest BCUT2D eigenvalue weighted by atomic mass is 10.1. The van der Waals surface area contributed by atoms with Crippen molar-refractivity contribution >= 4 is 29.0 Å². The van der Waals surface area contributed by atoms with Crippen molar-refractivity contribution in [3.05, 3.63) is 59.1 Å². The highest BCUT2D eigenvalue weighted by molar-refractivity contribution is 6.30. The molecule has 0 aliphatic heterocycles. The van der Waals surface area contributed by atoms with E-state index in [2.05, 4.69) is 5.32 Å². The van der Waals surface area contributed by atoms with Gasteiger partial charge in [-0.2, -0.15) is 0 Å². The zero-order chi connectivity index (χ0) is 15.4. The van der Waals surface area contributed by atoms with E-state index in [0.29, 0.717) is 16.4 Å². The van der Waals surface area contributed by atoms with Gasteiger partial charge in [0.05, 0.1) is 6.04 Å². The van der Waals surface area contributed by atoms with E-state index in [1.807, 2.05) is 31.2 Å². The third kappa shape index (κ3) is 3.89. The van der Waals surface area contributed by atoms with Crippen molar-refractivity contribution in [2.75, 3.05) is 18.1 Å². The van der Waals surface area contributed by atoms with Crippen molar-refractivity contribution in [1.82, 2.24) is 4.90 Å². The Kier molecular flexibility index (Phi) is 4.70. The Bertz CT molecular complexity index is 628. The van der Waals surface area contributed by atoms with E-state index in [9.17, 15) is 4.79 Å². The quantitative estimate of drug-likeness (QED) is 0.837. The maximum absolute atomic E-state index is 12.2. The highest BCUT2D eigenvalue weighted by Gasteiger charge is 2.17. The minimum absolute atomic E-state index is 0.0857. The number of benzene rings is 2. The van der Waals surface area contributed by atoms with Crippen LogP contribution in [0.4, 0.5) is 16.2 Å². The van der Waals surface area contributed by atoms with E-state index in [0.717, 1.165) is 5.56 Å². The Balaban J connectivity index is 2.06. The summed E-state index contributed by atoms with van der Waals surface area (Å²) in [4.78, 5) is 13.9. The average Bonchev–Trinajstić information content (AvgIpc) is 2.48. The third-order valence-electron chi connectivity index (χ3n) is 3.39. The standard InChI is InChI=1S/C16H18ClN3O/c1-11(12-4-3-5-13(17)10-12)20(2)16(21)19-15-8-6-14(18)7-9-15/h3-11H,18H2,1-2H3,(H,19,21). The fraction of sp³-hybridized carbons (Fsp3) is 0.188. The van der Waals surface area contributed by atoms with Crippen LogP contribution in [0.3, 0.4) is 0 Å². The molecule has 1 atom stereocenters. The van der Waals surface area contributed by atoms with E-state index in [1.165, 1.54) is 0 Å². The minimum Gasteiger partial charge on any atom is -0.399 e. The summed E-state index contributed by atoms with van der Waals surface area (Å²) < 4.78 is 0. The Hall–Kier alpha value is -2.20. The molecule has 0 aliphatic carbocycles. The molecule has 0 fully saturated rings. The minimum atomic E-state index is -0.188. The summed E-state index contributed by atoms with van der Waals surface area (Å²) in [7, 11) is 1.75. The number of rotatable bonds is 3. The van der Waals surface area contributed by atoms with E-state index < -0.39 is 0 Å². The number of nitrogens with one attached hydrogen (secondary N) is 1. The van der Waals surface area contributed by atoms with Gasteiger partial charge < -0.3 is 16.0 Å². The summed E-state index contributed by atoms with van der Waals surface area (Å²) in [5.74, 6) is 0. The number of nitrogen functional groups attached to an aromatic ring is 1. The van der Waals surface area contributed by atoms with Crippen LogP contribution in [0, 0.1) is 0 Å². The molecule has 2 aromatic carbocycles. The van der Waals surface area contributed by atoms with Crippen molar-refractivity contribution in [3.63, 3.8) is 0 Å². The lowest BCUT2D eigenvalue weighted by molar-refractivity contribution is 0.208. The van der Waals surface area contributed by atoms with Crippen molar-refractivity contribution in [2.24, 2.45) is 0 Å². The first-order valence-electron chi connectivity index (χ1n) is 6.62. The fourth-order valence-corrected chi connectivity index (χ4v) is 2.14. The number of halogens is 1. The van der Waals surface area contributed by atoms with Gasteiger partial charge in [0, 0.05) is 23.4 Å². The van der Waals surface area contributed by atoms with Gasteiger partial charge >= 0.3 is 6.03 Å². The highest BCUT2D eigenvalue weighted by atomic mass is 35.5. The lowest BCUT2D eigenvalue weighted by Gasteiger charge is -2.25. The number of hydrogen-bond acceptors (Lipinski definition) is 2. The third-order valence-corrected chi connectivity index (χ3v) is 3.63. The van der Waals surface area contributed by atoms with Crippen molar-refractivity contribution in [3.8, 4) is 0 Å².